The second-order valence-electron chi connectivity index (χ2n) is 11.9. The first-order chi connectivity index (χ1) is 18.8. The second-order valence-corrected chi connectivity index (χ2v) is 14.3. The number of rotatable bonds is 9. The zero-order valence-electron chi connectivity index (χ0n) is 23.7. The van der Waals surface area contributed by atoms with Crippen molar-refractivity contribution >= 4 is 39.3 Å². The molecular weight excluding hydrogens is 550 g/mol. The van der Waals surface area contributed by atoms with E-state index in [9.17, 15) is 18.0 Å². The van der Waals surface area contributed by atoms with Crippen LogP contribution in [0.1, 0.15) is 63.5 Å². The van der Waals surface area contributed by atoms with Gasteiger partial charge in [0.1, 0.15) is 11.6 Å². The number of carbonyl (C=O) groups is 2. The number of amides is 2. The Bertz CT molecular complexity index is 1300. The number of sulfonamides is 1. The Balaban J connectivity index is 1.47. The first-order valence-electron chi connectivity index (χ1n) is 13.9. The number of carbonyl (C=O) groups excluding carboxylic acids is 2. The summed E-state index contributed by atoms with van der Waals surface area (Å²) in [6.07, 6.45) is 4.45. The highest BCUT2D eigenvalue weighted by Crippen LogP contribution is 2.38. The molecule has 2 aromatic carbocycles. The minimum Gasteiger partial charge on any atom is -0.444 e. The van der Waals surface area contributed by atoms with Crippen molar-refractivity contribution in [1.82, 2.24) is 10.2 Å². The molecule has 1 saturated heterocycles. The molecule has 0 radical (unpaired) electrons. The van der Waals surface area contributed by atoms with Crippen LogP contribution in [0.3, 0.4) is 0 Å². The third kappa shape index (κ3) is 8.36. The fourth-order valence-corrected chi connectivity index (χ4v) is 6.28. The minimum atomic E-state index is -3.42. The van der Waals surface area contributed by atoms with Crippen molar-refractivity contribution in [2.75, 3.05) is 30.2 Å². The molecule has 0 spiro atoms. The number of hydrogen-bond acceptors (Lipinski definition) is 5. The van der Waals surface area contributed by atoms with Gasteiger partial charge in [-0.3, -0.25) is 9.10 Å². The monoisotopic (exact) mass is 589 g/mol. The van der Waals surface area contributed by atoms with E-state index in [1.54, 1.807) is 42.1 Å². The van der Waals surface area contributed by atoms with Gasteiger partial charge >= 0.3 is 6.09 Å². The Hall–Kier alpha value is -2.78. The van der Waals surface area contributed by atoms with Crippen LogP contribution in [0, 0.1) is 5.92 Å². The van der Waals surface area contributed by atoms with Crippen LogP contribution < -0.4 is 9.62 Å². The van der Waals surface area contributed by atoms with E-state index in [4.69, 9.17) is 16.3 Å². The summed E-state index contributed by atoms with van der Waals surface area (Å²) in [5.41, 5.74) is 1.93. The van der Waals surface area contributed by atoms with Gasteiger partial charge in [-0.15, -0.1) is 0 Å². The SMILES string of the molecule is CC(C)(C)OC(=O)N[C@H](Cc1ccc(Cl)cc1)C(=O)N1CCC(c2ccccc2N(CC2CC2)S(C)(=O)=O)CC1. The number of likely N-dealkylation sites (tertiary alicyclic amines) is 1. The van der Waals surface area contributed by atoms with Gasteiger partial charge < -0.3 is 15.0 Å². The van der Waals surface area contributed by atoms with E-state index in [1.165, 1.54) is 6.26 Å². The van der Waals surface area contributed by atoms with Crippen LogP contribution in [0.2, 0.25) is 5.02 Å². The summed E-state index contributed by atoms with van der Waals surface area (Å²) in [6.45, 7) is 6.86. The number of halogens is 1. The van der Waals surface area contributed by atoms with Crippen LogP contribution in [0.4, 0.5) is 10.5 Å². The molecule has 1 heterocycles. The number of hydrogen-bond donors (Lipinski definition) is 1. The highest BCUT2D eigenvalue weighted by Gasteiger charge is 2.34. The molecule has 2 amide bonds. The Labute approximate surface area is 243 Å². The molecule has 0 aromatic heterocycles. The molecule has 1 N–H and O–H groups in total. The molecule has 1 atom stereocenters. The summed E-state index contributed by atoms with van der Waals surface area (Å²) in [5.74, 6) is 0.369. The summed E-state index contributed by atoms with van der Waals surface area (Å²) in [5, 5.41) is 3.38. The predicted molar refractivity (Wildman–Crippen MR) is 158 cm³/mol. The molecule has 218 valence electrons. The fourth-order valence-electron chi connectivity index (χ4n) is 5.14. The zero-order chi connectivity index (χ0) is 29.1. The summed E-state index contributed by atoms with van der Waals surface area (Å²) in [7, 11) is -3.42. The van der Waals surface area contributed by atoms with E-state index < -0.39 is 27.8 Å². The maximum absolute atomic E-state index is 13.7. The first-order valence-corrected chi connectivity index (χ1v) is 16.1. The molecule has 0 unspecified atom stereocenters. The maximum atomic E-state index is 13.7. The molecule has 1 saturated carbocycles. The first kappa shape index (κ1) is 30.2. The minimum absolute atomic E-state index is 0.122. The Morgan fingerprint density at radius 1 is 1.05 bits per heavy atom. The Morgan fingerprint density at radius 3 is 2.25 bits per heavy atom. The largest absolute Gasteiger partial charge is 0.444 e. The summed E-state index contributed by atoms with van der Waals surface area (Å²) in [6, 6.07) is 14.1. The number of ether oxygens (including phenoxy) is 1. The summed E-state index contributed by atoms with van der Waals surface area (Å²) < 4.78 is 32.4. The molecule has 10 heteroatoms. The summed E-state index contributed by atoms with van der Waals surface area (Å²) >= 11 is 6.04. The lowest BCUT2D eigenvalue weighted by Crippen LogP contribution is -2.52. The lowest BCUT2D eigenvalue weighted by atomic mass is 9.88. The molecule has 1 aliphatic heterocycles. The van der Waals surface area contributed by atoms with Gasteiger partial charge in [0.05, 0.1) is 11.9 Å². The lowest BCUT2D eigenvalue weighted by Gasteiger charge is -2.36. The molecule has 0 bridgehead atoms. The summed E-state index contributed by atoms with van der Waals surface area (Å²) in [4.78, 5) is 28.1. The molecule has 2 aromatic rings. The number of nitrogens with one attached hydrogen (secondary N) is 1. The van der Waals surface area contributed by atoms with Gasteiger partial charge in [-0.2, -0.15) is 0 Å². The molecule has 8 nitrogen and oxygen atoms in total. The van der Waals surface area contributed by atoms with Crippen molar-refractivity contribution in [3.05, 3.63) is 64.7 Å². The normalized spacial score (nSPS) is 17.3. The van der Waals surface area contributed by atoms with Gasteiger partial charge in [-0.25, -0.2) is 13.2 Å². The standard InChI is InChI=1S/C30H40ClN3O5S/c1-30(2,3)39-29(36)32-26(19-21-11-13-24(31)14-12-21)28(35)33-17-15-23(16-18-33)25-7-5-6-8-27(25)34(40(4,37)38)20-22-9-10-22/h5-8,11-14,22-23,26H,9-10,15-20H2,1-4H3,(H,32,36)/t26-/m1/s1. The van der Waals surface area contributed by atoms with E-state index >= 15 is 0 Å². The van der Waals surface area contributed by atoms with E-state index in [2.05, 4.69) is 5.32 Å². The Morgan fingerprint density at radius 2 is 1.68 bits per heavy atom. The maximum Gasteiger partial charge on any atom is 0.408 e. The van der Waals surface area contributed by atoms with E-state index in [0.29, 0.717) is 49.8 Å². The van der Waals surface area contributed by atoms with Gasteiger partial charge in [-0.05, 0) is 87.6 Å². The fraction of sp³-hybridized carbons (Fsp3) is 0.533. The quantitative estimate of drug-likeness (QED) is 0.425. The van der Waals surface area contributed by atoms with Crippen LogP contribution in [-0.4, -0.2) is 62.9 Å². The van der Waals surface area contributed by atoms with Crippen LogP contribution in [0.15, 0.2) is 48.5 Å². The number of anilines is 1. The molecule has 2 aliphatic rings. The number of benzene rings is 2. The number of nitrogens with zero attached hydrogens (tertiary/aromatic N) is 2. The van der Waals surface area contributed by atoms with Crippen LogP contribution in [0.25, 0.3) is 0 Å². The average molecular weight is 590 g/mol. The van der Waals surface area contributed by atoms with Gasteiger partial charge in [0, 0.05) is 31.1 Å². The molecular formula is C30H40ClN3O5S. The highest BCUT2D eigenvalue weighted by molar-refractivity contribution is 7.92. The van der Waals surface area contributed by atoms with Crippen molar-refractivity contribution in [2.24, 2.45) is 5.92 Å². The number of para-hydroxylation sites is 1. The third-order valence-electron chi connectivity index (χ3n) is 7.32. The second kappa shape index (κ2) is 12.4. The molecule has 4 rings (SSSR count). The topological polar surface area (TPSA) is 96.0 Å². The van der Waals surface area contributed by atoms with Crippen LogP contribution in [-0.2, 0) is 26.0 Å². The van der Waals surface area contributed by atoms with Crippen molar-refractivity contribution in [2.45, 2.75) is 70.4 Å². The number of piperidine rings is 1. The van der Waals surface area contributed by atoms with Gasteiger partial charge in [0.2, 0.25) is 15.9 Å². The average Bonchev–Trinajstić information content (AvgIpc) is 3.71. The highest BCUT2D eigenvalue weighted by atomic mass is 35.5. The molecule has 1 aliphatic carbocycles. The lowest BCUT2D eigenvalue weighted by molar-refractivity contribution is -0.134. The van der Waals surface area contributed by atoms with Gasteiger partial charge in [0.15, 0.2) is 0 Å². The number of alkyl carbamates (subject to hydrolysis) is 1. The van der Waals surface area contributed by atoms with Crippen molar-refractivity contribution in [3.63, 3.8) is 0 Å². The predicted octanol–water partition coefficient (Wildman–Crippen LogP) is 5.36. The zero-order valence-corrected chi connectivity index (χ0v) is 25.3. The van der Waals surface area contributed by atoms with E-state index in [1.807, 2.05) is 36.4 Å². The van der Waals surface area contributed by atoms with Crippen molar-refractivity contribution < 1.29 is 22.7 Å². The van der Waals surface area contributed by atoms with E-state index in [0.717, 1.165) is 29.7 Å². The van der Waals surface area contributed by atoms with Gasteiger partial charge in [0.25, 0.3) is 0 Å². The Kier molecular flexibility index (Phi) is 9.35. The van der Waals surface area contributed by atoms with Gasteiger partial charge in [-0.1, -0.05) is 41.9 Å². The van der Waals surface area contributed by atoms with Crippen LogP contribution in [0.5, 0.6) is 0 Å². The van der Waals surface area contributed by atoms with Crippen molar-refractivity contribution in [3.8, 4) is 0 Å². The molecule has 40 heavy (non-hydrogen) atoms. The van der Waals surface area contributed by atoms with Crippen LogP contribution >= 0.6 is 11.6 Å². The smallest absolute Gasteiger partial charge is 0.408 e. The molecule has 2 fully saturated rings. The van der Waals surface area contributed by atoms with E-state index in [-0.39, 0.29) is 11.8 Å². The third-order valence-corrected chi connectivity index (χ3v) is 8.71. The van der Waals surface area contributed by atoms with Crippen molar-refractivity contribution in [1.29, 1.82) is 0 Å².